The second-order valence-corrected chi connectivity index (χ2v) is 6.91. The molecule has 0 radical (unpaired) electrons. The van der Waals surface area contributed by atoms with Gasteiger partial charge in [0.1, 0.15) is 0 Å². The highest BCUT2D eigenvalue weighted by Crippen LogP contribution is 2.22. The van der Waals surface area contributed by atoms with Gasteiger partial charge in [0.05, 0.1) is 25.8 Å². The number of aliphatic imine (C=N–C) groups is 1. The number of hydrogen-bond acceptors (Lipinski definition) is 3. The molecule has 25 heavy (non-hydrogen) atoms. The van der Waals surface area contributed by atoms with E-state index in [2.05, 4.69) is 59.0 Å². The van der Waals surface area contributed by atoms with Gasteiger partial charge in [-0.2, -0.15) is 0 Å². The Morgan fingerprint density at radius 2 is 2.32 bits per heavy atom. The minimum Gasteiger partial charge on any atom is -0.373 e. The van der Waals surface area contributed by atoms with Crippen molar-refractivity contribution in [3.05, 3.63) is 24.0 Å². The summed E-state index contributed by atoms with van der Waals surface area (Å²) in [7, 11) is 4.17. The third-order valence-corrected chi connectivity index (χ3v) is 5.05. The van der Waals surface area contributed by atoms with E-state index in [-0.39, 0.29) is 30.1 Å². The number of guanidine groups is 1. The summed E-state index contributed by atoms with van der Waals surface area (Å²) in [6.07, 6.45) is 4.90. The van der Waals surface area contributed by atoms with Gasteiger partial charge in [0.25, 0.3) is 0 Å². The molecule has 2 saturated heterocycles. The quantitative estimate of drug-likeness (QED) is 0.414. The number of halogens is 1. The number of hydrogen-bond donors (Lipinski definition) is 1. The van der Waals surface area contributed by atoms with E-state index in [1.165, 1.54) is 25.1 Å². The van der Waals surface area contributed by atoms with E-state index in [0.717, 1.165) is 38.7 Å². The molecule has 2 unspecified atom stereocenters. The van der Waals surface area contributed by atoms with Crippen LogP contribution in [0.2, 0.25) is 0 Å². The van der Waals surface area contributed by atoms with Crippen molar-refractivity contribution in [2.24, 2.45) is 12.0 Å². The summed E-state index contributed by atoms with van der Waals surface area (Å²) in [5.41, 5.74) is 1.27. The van der Waals surface area contributed by atoms with Crippen LogP contribution in [-0.2, 0) is 18.3 Å². The van der Waals surface area contributed by atoms with Gasteiger partial charge in [-0.15, -0.1) is 24.0 Å². The first-order chi connectivity index (χ1) is 11.7. The fourth-order valence-corrected chi connectivity index (χ4v) is 3.63. The summed E-state index contributed by atoms with van der Waals surface area (Å²) in [5, 5.41) is 3.40. The summed E-state index contributed by atoms with van der Waals surface area (Å²) in [6.45, 7) is 7.67. The lowest BCUT2D eigenvalue weighted by Gasteiger charge is -2.34. The number of ether oxygens (including phenoxy) is 1. The maximum atomic E-state index is 6.03. The maximum absolute atomic E-state index is 6.03. The molecule has 3 rings (SSSR count). The molecule has 6 nitrogen and oxygen atoms in total. The van der Waals surface area contributed by atoms with Crippen LogP contribution in [0.25, 0.3) is 0 Å². The summed E-state index contributed by atoms with van der Waals surface area (Å²) >= 11 is 0. The Kier molecular flexibility index (Phi) is 8.02. The molecule has 0 amide bonds. The van der Waals surface area contributed by atoms with E-state index in [1.807, 2.05) is 0 Å². The van der Waals surface area contributed by atoms with Crippen molar-refractivity contribution in [2.45, 2.75) is 38.5 Å². The molecule has 1 aromatic rings. The number of aryl methyl sites for hydroxylation is 1. The normalized spacial score (nSPS) is 23.9. The van der Waals surface area contributed by atoms with Gasteiger partial charge in [-0.25, -0.2) is 0 Å². The van der Waals surface area contributed by atoms with Crippen LogP contribution in [-0.4, -0.2) is 72.3 Å². The van der Waals surface area contributed by atoms with E-state index >= 15 is 0 Å². The topological polar surface area (TPSA) is 45.0 Å². The van der Waals surface area contributed by atoms with E-state index in [0.29, 0.717) is 6.04 Å². The summed E-state index contributed by atoms with van der Waals surface area (Å²) in [5.74, 6) is 0.950. The van der Waals surface area contributed by atoms with E-state index in [1.54, 1.807) is 0 Å². The fourth-order valence-electron chi connectivity index (χ4n) is 3.63. The molecule has 3 heterocycles. The van der Waals surface area contributed by atoms with Crippen LogP contribution < -0.4 is 5.32 Å². The lowest BCUT2D eigenvalue weighted by atomic mass is 10.2. The first-order valence-electron chi connectivity index (χ1n) is 9.12. The number of aromatic nitrogens is 1. The first kappa shape index (κ1) is 20.5. The maximum Gasteiger partial charge on any atom is 0.194 e. The van der Waals surface area contributed by atoms with Gasteiger partial charge in [0.2, 0.25) is 0 Å². The third kappa shape index (κ3) is 5.34. The highest BCUT2D eigenvalue weighted by Gasteiger charge is 2.32. The van der Waals surface area contributed by atoms with Crippen LogP contribution in [0.3, 0.4) is 0 Å². The predicted molar refractivity (Wildman–Crippen MR) is 113 cm³/mol. The molecular formula is C18H32IN5O. The van der Waals surface area contributed by atoms with Crippen LogP contribution in [0, 0.1) is 0 Å². The molecular weight excluding hydrogens is 429 g/mol. The Morgan fingerprint density at radius 1 is 1.48 bits per heavy atom. The Balaban J connectivity index is 0.00000225. The Hall–Kier alpha value is -0.800. The summed E-state index contributed by atoms with van der Waals surface area (Å²) in [6, 6.07) is 4.88. The number of fused-ring (bicyclic) bond motifs is 1. The highest BCUT2D eigenvalue weighted by atomic mass is 127. The average molecular weight is 461 g/mol. The van der Waals surface area contributed by atoms with Crippen molar-refractivity contribution in [3.8, 4) is 0 Å². The average Bonchev–Trinajstić information content (AvgIpc) is 3.20. The SMILES string of the molecule is CCNC(=NCC1CN2CCCC2CO1)N(C)Cc1cccn1C.I. The Bertz CT molecular complexity index is 561. The Labute approximate surface area is 168 Å². The van der Waals surface area contributed by atoms with Crippen molar-refractivity contribution in [1.82, 2.24) is 19.7 Å². The highest BCUT2D eigenvalue weighted by molar-refractivity contribution is 14.0. The van der Waals surface area contributed by atoms with Crippen LogP contribution in [0.15, 0.2) is 23.3 Å². The number of rotatable bonds is 5. The molecule has 1 aromatic heterocycles. The van der Waals surface area contributed by atoms with Gasteiger partial charge >= 0.3 is 0 Å². The van der Waals surface area contributed by atoms with Crippen molar-refractivity contribution in [1.29, 1.82) is 0 Å². The largest absolute Gasteiger partial charge is 0.373 e. The Morgan fingerprint density at radius 3 is 3.04 bits per heavy atom. The molecule has 2 aliphatic rings. The summed E-state index contributed by atoms with van der Waals surface area (Å²) in [4.78, 5) is 9.59. The molecule has 2 fully saturated rings. The predicted octanol–water partition coefficient (Wildman–Crippen LogP) is 1.90. The number of nitrogens with zero attached hydrogens (tertiary/aromatic N) is 4. The van der Waals surface area contributed by atoms with Crippen molar-refractivity contribution >= 4 is 29.9 Å². The molecule has 2 atom stereocenters. The third-order valence-electron chi connectivity index (χ3n) is 5.05. The van der Waals surface area contributed by atoms with Crippen LogP contribution in [0.5, 0.6) is 0 Å². The van der Waals surface area contributed by atoms with Crippen molar-refractivity contribution in [3.63, 3.8) is 0 Å². The van der Waals surface area contributed by atoms with E-state index in [9.17, 15) is 0 Å². The molecule has 2 aliphatic heterocycles. The summed E-state index contributed by atoms with van der Waals surface area (Å²) < 4.78 is 8.18. The van der Waals surface area contributed by atoms with Gasteiger partial charge < -0.3 is 19.5 Å². The second-order valence-electron chi connectivity index (χ2n) is 6.91. The van der Waals surface area contributed by atoms with Gasteiger partial charge in [0.15, 0.2) is 5.96 Å². The first-order valence-corrected chi connectivity index (χ1v) is 9.12. The monoisotopic (exact) mass is 461 g/mol. The molecule has 0 saturated carbocycles. The molecule has 0 aromatic carbocycles. The number of morpholine rings is 1. The standard InChI is InChI=1S/C18H31N5O.HI/c1-4-19-18(22(3)12-15-7-5-9-21(15)2)20-11-17-13-23-10-6-8-16(23)14-24-17;/h5,7,9,16-17H,4,6,8,10-14H2,1-3H3,(H,19,20);1H. The zero-order valence-corrected chi connectivity index (χ0v) is 18.0. The number of nitrogens with one attached hydrogen (secondary N) is 1. The van der Waals surface area contributed by atoms with Crippen LogP contribution >= 0.6 is 24.0 Å². The van der Waals surface area contributed by atoms with E-state index < -0.39 is 0 Å². The smallest absolute Gasteiger partial charge is 0.194 e. The molecule has 0 spiro atoms. The minimum absolute atomic E-state index is 0. The lowest BCUT2D eigenvalue weighted by molar-refractivity contribution is -0.0432. The molecule has 7 heteroatoms. The van der Waals surface area contributed by atoms with Gasteiger partial charge in [0, 0.05) is 45.1 Å². The van der Waals surface area contributed by atoms with Gasteiger partial charge in [-0.3, -0.25) is 9.89 Å². The van der Waals surface area contributed by atoms with Gasteiger partial charge in [-0.05, 0) is 38.4 Å². The van der Waals surface area contributed by atoms with Crippen LogP contribution in [0.4, 0.5) is 0 Å². The van der Waals surface area contributed by atoms with Crippen molar-refractivity contribution < 1.29 is 4.74 Å². The van der Waals surface area contributed by atoms with Gasteiger partial charge in [-0.1, -0.05) is 0 Å². The molecule has 1 N–H and O–H groups in total. The fraction of sp³-hybridized carbons (Fsp3) is 0.722. The second kappa shape index (κ2) is 9.78. The van der Waals surface area contributed by atoms with Crippen LogP contribution in [0.1, 0.15) is 25.5 Å². The molecule has 142 valence electrons. The zero-order chi connectivity index (χ0) is 16.9. The molecule has 0 aliphatic carbocycles. The zero-order valence-electron chi connectivity index (χ0n) is 15.6. The van der Waals surface area contributed by atoms with E-state index in [4.69, 9.17) is 9.73 Å². The lowest BCUT2D eigenvalue weighted by Crippen LogP contribution is -2.47. The van der Waals surface area contributed by atoms with Crippen molar-refractivity contribution in [2.75, 3.05) is 39.8 Å². The minimum atomic E-state index is 0. The molecule has 0 bridgehead atoms.